The Balaban J connectivity index is 2.91. The van der Waals surface area contributed by atoms with E-state index in [9.17, 15) is 0 Å². The first-order chi connectivity index (χ1) is 7.11. The quantitative estimate of drug-likeness (QED) is 0.807. The van der Waals surface area contributed by atoms with Crippen molar-refractivity contribution >= 4 is 0 Å². The van der Waals surface area contributed by atoms with E-state index in [0.29, 0.717) is 17.9 Å². The molecule has 0 aliphatic carbocycles. The largest absolute Gasteiger partial charge is 0.311 e. The molecule has 3 heteroatoms. The minimum atomic E-state index is 0.396. The molecule has 0 aliphatic heterocycles. The lowest BCUT2D eigenvalue weighted by molar-refractivity contribution is 0.303. The van der Waals surface area contributed by atoms with Crippen molar-refractivity contribution in [2.75, 3.05) is 7.05 Å². The van der Waals surface area contributed by atoms with E-state index in [4.69, 9.17) is 0 Å². The van der Waals surface area contributed by atoms with Crippen LogP contribution in [0.5, 0.6) is 0 Å². The average Bonchev–Trinajstić information content (AvgIpc) is 2.66. The molecule has 1 aromatic heterocycles. The Morgan fingerprint density at radius 2 is 2.07 bits per heavy atom. The second-order valence-corrected chi connectivity index (χ2v) is 4.44. The van der Waals surface area contributed by atoms with Crippen LogP contribution in [-0.4, -0.2) is 16.8 Å². The Morgan fingerprint density at radius 1 is 1.40 bits per heavy atom. The van der Waals surface area contributed by atoms with Crippen LogP contribution in [0.4, 0.5) is 0 Å². The average molecular weight is 209 g/mol. The topological polar surface area (TPSA) is 29.9 Å². The lowest BCUT2D eigenvalue weighted by Gasteiger charge is -2.27. The number of nitrogens with one attached hydrogen (secondary N) is 1. The Labute approximate surface area is 92.9 Å². The van der Waals surface area contributed by atoms with E-state index < -0.39 is 0 Å². The smallest absolute Gasteiger partial charge is 0.0556 e. The molecule has 1 heterocycles. The summed E-state index contributed by atoms with van der Waals surface area (Å²) in [5.41, 5.74) is 1.29. The molecule has 15 heavy (non-hydrogen) atoms. The monoisotopic (exact) mass is 209 g/mol. The Bertz CT molecular complexity index is 291. The van der Waals surface area contributed by atoms with Crippen molar-refractivity contribution in [3.63, 3.8) is 0 Å². The van der Waals surface area contributed by atoms with Gasteiger partial charge in [0.2, 0.25) is 0 Å². The van der Waals surface area contributed by atoms with Gasteiger partial charge in [-0.15, -0.1) is 0 Å². The number of nitrogens with zero attached hydrogens (tertiary/aromatic N) is 2. The van der Waals surface area contributed by atoms with E-state index in [2.05, 4.69) is 48.9 Å². The van der Waals surface area contributed by atoms with Gasteiger partial charge < -0.3 is 5.32 Å². The number of hydrogen-bond donors (Lipinski definition) is 1. The van der Waals surface area contributed by atoms with Gasteiger partial charge >= 0.3 is 0 Å². The third-order valence-corrected chi connectivity index (χ3v) is 3.26. The summed E-state index contributed by atoms with van der Waals surface area (Å²) in [7, 11) is 2.02. The minimum absolute atomic E-state index is 0.396. The molecule has 0 radical (unpaired) electrons. The van der Waals surface area contributed by atoms with Gasteiger partial charge in [0.15, 0.2) is 0 Å². The fourth-order valence-corrected chi connectivity index (χ4v) is 1.94. The maximum Gasteiger partial charge on any atom is 0.0556 e. The molecule has 1 rings (SSSR count). The van der Waals surface area contributed by atoms with E-state index in [0.717, 1.165) is 6.54 Å². The fourth-order valence-electron chi connectivity index (χ4n) is 1.94. The van der Waals surface area contributed by atoms with E-state index in [-0.39, 0.29) is 0 Å². The lowest BCUT2D eigenvalue weighted by Crippen LogP contribution is -2.29. The molecular formula is C12H23N3. The van der Waals surface area contributed by atoms with Crippen LogP contribution in [0.25, 0.3) is 0 Å². The molecule has 1 N–H and O–H groups in total. The van der Waals surface area contributed by atoms with Crippen molar-refractivity contribution in [3.8, 4) is 0 Å². The number of hydrogen-bond acceptors (Lipinski definition) is 2. The Kier molecular flexibility index (Phi) is 4.33. The third kappa shape index (κ3) is 2.59. The van der Waals surface area contributed by atoms with Gasteiger partial charge in [0, 0.05) is 12.7 Å². The van der Waals surface area contributed by atoms with Crippen molar-refractivity contribution in [2.24, 2.45) is 11.8 Å². The first-order valence-electron chi connectivity index (χ1n) is 5.80. The van der Waals surface area contributed by atoms with Crippen LogP contribution < -0.4 is 5.32 Å². The summed E-state index contributed by atoms with van der Waals surface area (Å²) >= 11 is 0. The van der Waals surface area contributed by atoms with Crippen LogP contribution in [0.15, 0.2) is 12.3 Å². The van der Waals surface area contributed by atoms with Gasteiger partial charge in [-0.05, 0) is 31.9 Å². The molecule has 2 unspecified atom stereocenters. The van der Waals surface area contributed by atoms with Gasteiger partial charge in [0.05, 0.1) is 11.7 Å². The Hall–Kier alpha value is -0.830. The first kappa shape index (κ1) is 12.2. The predicted octanol–water partition coefficient (Wildman–Crippen LogP) is 2.46. The van der Waals surface area contributed by atoms with Crippen molar-refractivity contribution in [1.29, 1.82) is 0 Å². The number of rotatable bonds is 5. The minimum Gasteiger partial charge on any atom is -0.311 e. The van der Waals surface area contributed by atoms with Crippen LogP contribution in [0, 0.1) is 11.8 Å². The SMILES string of the molecule is CCn1nccc1C(NC)C(C)C(C)C. The Morgan fingerprint density at radius 3 is 2.53 bits per heavy atom. The van der Waals surface area contributed by atoms with E-state index in [1.807, 2.05) is 13.2 Å². The van der Waals surface area contributed by atoms with Gasteiger partial charge in [-0.1, -0.05) is 20.8 Å². The van der Waals surface area contributed by atoms with Crippen LogP contribution in [-0.2, 0) is 6.54 Å². The van der Waals surface area contributed by atoms with Crippen LogP contribution in [0.1, 0.15) is 39.4 Å². The molecule has 0 fully saturated rings. The zero-order chi connectivity index (χ0) is 11.4. The summed E-state index contributed by atoms with van der Waals surface area (Å²) in [4.78, 5) is 0. The summed E-state index contributed by atoms with van der Waals surface area (Å²) in [6, 6.07) is 2.51. The predicted molar refractivity (Wildman–Crippen MR) is 63.7 cm³/mol. The van der Waals surface area contributed by atoms with Gasteiger partial charge in [0.25, 0.3) is 0 Å². The summed E-state index contributed by atoms with van der Waals surface area (Å²) in [6.07, 6.45) is 1.89. The summed E-state index contributed by atoms with van der Waals surface area (Å²) in [5.74, 6) is 1.28. The molecule has 2 atom stereocenters. The molecule has 0 bridgehead atoms. The highest BCUT2D eigenvalue weighted by Gasteiger charge is 2.22. The van der Waals surface area contributed by atoms with E-state index in [1.165, 1.54) is 5.69 Å². The van der Waals surface area contributed by atoms with E-state index >= 15 is 0 Å². The molecule has 0 saturated heterocycles. The lowest BCUT2D eigenvalue weighted by atomic mass is 9.88. The third-order valence-electron chi connectivity index (χ3n) is 3.26. The molecular weight excluding hydrogens is 186 g/mol. The molecule has 0 saturated carbocycles. The van der Waals surface area contributed by atoms with Crippen molar-refractivity contribution in [1.82, 2.24) is 15.1 Å². The van der Waals surface area contributed by atoms with Crippen molar-refractivity contribution < 1.29 is 0 Å². The molecule has 0 aromatic carbocycles. The molecule has 0 amide bonds. The maximum absolute atomic E-state index is 4.32. The normalized spacial score (nSPS) is 15.6. The van der Waals surface area contributed by atoms with E-state index in [1.54, 1.807) is 0 Å². The summed E-state index contributed by atoms with van der Waals surface area (Å²) in [6.45, 7) is 9.89. The number of aryl methyl sites for hydroxylation is 1. The van der Waals surface area contributed by atoms with Gasteiger partial charge in [0.1, 0.15) is 0 Å². The summed E-state index contributed by atoms with van der Waals surface area (Å²) in [5, 5.41) is 7.72. The molecule has 86 valence electrons. The first-order valence-corrected chi connectivity index (χ1v) is 5.80. The van der Waals surface area contributed by atoms with Crippen molar-refractivity contribution in [2.45, 2.75) is 40.3 Å². The zero-order valence-electron chi connectivity index (χ0n) is 10.5. The van der Waals surface area contributed by atoms with Gasteiger partial charge in [-0.3, -0.25) is 4.68 Å². The van der Waals surface area contributed by atoms with Crippen molar-refractivity contribution in [3.05, 3.63) is 18.0 Å². The van der Waals surface area contributed by atoms with Crippen LogP contribution in [0.3, 0.4) is 0 Å². The zero-order valence-corrected chi connectivity index (χ0v) is 10.5. The molecule has 0 aliphatic rings. The second kappa shape index (κ2) is 5.31. The second-order valence-electron chi connectivity index (χ2n) is 4.44. The summed E-state index contributed by atoms with van der Waals surface area (Å²) < 4.78 is 2.07. The standard InChI is InChI=1S/C12H23N3/c1-6-15-11(7-8-14-15)12(13-5)10(4)9(2)3/h7-10,12-13H,6H2,1-5H3. The molecule has 0 spiro atoms. The maximum atomic E-state index is 4.32. The van der Waals surface area contributed by atoms with Crippen LogP contribution in [0.2, 0.25) is 0 Å². The highest BCUT2D eigenvalue weighted by Crippen LogP contribution is 2.26. The van der Waals surface area contributed by atoms with Gasteiger partial charge in [-0.2, -0.15) is 5.10 Å². The molecule has 1 aromatic rings. The molecule has 3 nitrogen and oxygen atoms in total. The number of aromatic nitrogens is 2. The van der Waals surface area contributed by atoms with Gasteiger partial charge in [-0.25, -0.2) is 0 Å². The fraction of sp³-hybridized carbons (Fsp3) is 0.750. The highest BCUT2D eigenvalue weighted by atomic mass is 15.3. The van der Waals surface area contributed by atoms with Crippen LogP contribution >= 0.6 is 0 Å². The highest BCUT2D eigenvalue weighted by molar-refractivity contribution is 5.08.